The Hall–Kier alpha value is -2.08. The van der Waals surface area contributed by atoms with Gasteiger partial charge in [0.2, 0.25) is 5.91 Å². The Kier molecular flexibility index (Phi) is 5.13. The third-order valence-electron chi connectivity index (χ3n) is 2.55. The standard InChI is InChI=1S/C12H18N4O2/c1-2-8(7-13)11(17)15-9-4-3-5-10(6-9)16-12(14)18/h3-6,8H,2,7,13H2,1H3,(H,15,17)(H3,14,16,18). The molecular formula is C12H18N4O2. The molecule has 0 fully saturated rings. The first kappa shape index (κ1) is 14.0. The van der Waals surface area contributed by atoms with Gasteiger partial charge in [-0.25, -0.2) is 4.79 Å². The number of anilines is 2. The molecule has 0 aliphatic carbocycles. The minimum atomic E-state index is -0.646. The number of nitrogens with one attached hydrogen (secondary N) is 2. The molecule has 0 heterocycles. The zero-order chi connectivity index (χ0) is 13.5. The van der Waals surface area contributed by atoms with Crippen LogP contribution in [0.15, 0.2) is 24.3 Å². The van der Waals surface area contributed by atoms with Gasteiger partial charge in [0.1, 0.15) is 0 Å². The Morgan fingerprint density at radius 1 is 1.28 bits per heavy atom. The number of nitrogens with two attached hydrogens (primary N) is 2. The zero-order valence-electron chi connectivity index (χ0n) is 10.3. The van der Waals surface area contributed by atoms with Crippen LogP contribution in [0.5, 0.6) is 0 Å². The lowest BCUT2D eigenvalue weighted by atomic mass is 10.1. The fourth-order valence-corrected chi connectivity index (χ4v) is 1.52. The number of carbonyl (C=O) groups is 2. The topological polar surface area (TPSA) is 110 Å². The summed E-state index contributed by atoms with van der Waals surface area (Å²) in [5, 5.41) is 5.18. The van der Waals surface area contributed by atoms with Gasteiger partial charge in [-0.15, -0.1) is 0 Å². The zero-order valence-corrected chi connectivity index (χ0v) is 10.3. The van der Waals surface area contributed by atoms with Crippen LogP contribution in [-0.4, -0.2) is 18.5 Å². The smallest absolute Gasteiger partial charge is 0.316 e. The number of primary amides is 1. The molecule has 0 saturated carbocycles. The number of urea groups is 1. The Labute approximate surface area is 106 Å². The van der Waals surface area contributed by atoms with Crippen LogP contribution in [0.1, 0.15) is 13.3 Å². The van der Waals surface area contributed by atoms with E-state index >= 15 is 0 Å². The molecule has 1 unspecified atom stereocenters. The highest BCUT2D eigenvalue weighted by molar-refractivity contribution is 5.94. The lowest BCUT2D eigenvalue weighted by Gasteiger charge is -2.13. The Balaban J connectivity index is 2.72. The summed E-state index contributed by atoms with van der Waals surface area (Å²) in [4.78, 5) is 22.5. The van der Waals surface area contributed by atoms with Gasteiger partial charge in [-0.05, 0) is 24.6 Å². The maximum absolute atomic E-state index is 11.8. The maximum Gasteiger partial charge on any atom is 0.316 e. The van der Waals surface area contributed by atoms with Crippen molar-refractivity contribution < 1.29 is 9.59 Å². The first-order valence-electron chi connectivity index (χ1n) is 5.74. The van der Waals surface area contributed by atoms with Crippen molar-refractivity contribution in [2.45, 2.75) is 13.3 Å². The average molecular weight is 250 g/mol. The molecule has 0 radical (unpaired) electrons. The van der Waals surface area contributed by atoms with Crippen LogP contribution in [0, 0.1) is 5.92 Å². The molecule has 1 rings (SSSR count). The van der Waals surface area contributed by atoms with Crippen molar-refractivity contribution in [1.29, 1.82) is 0 Å². The van der Waals surface area contributed by atoms with E-state index in [-0.39, 0.29) is 11.8 Å². The minimum absolute atomic E-state index is 0.128. The summed E-state index contributed by atoms with van der Waals surface area (Å²) in [7, 11) is 0. The summed E-state index contributed by atoms with van der Waals surface area (Å²) in [5.41, 5.74) is 11.6. The van der Waals surface area contributed by atoms with Crippen LogP contribution in [0.2, 0.25) is 0 Å². The van der Waals surface area contributed by atoms with E-state index in [0.29, 0.717) is 24.3 Å². The molecule has 6 nitrogen and oxygen atoms in total. The van der Waals surface area contributed by atoms with E-state index in [4.69, 9.17) is 11.5 Å². The summed E-state index contributed by atoms with van der Waals surface area (Å²) in [6.07, 6.45) is 0.682. The van der Waals surface area contributed by atoms with E-state index in [2.05, 4.69) is 10.6 Å². The number of benzene rings is 1. The van der Waals surface area contributed by atoms with Crippen molar-refractivity contribution in [3.8, 4) is 0 Å². The minimum Gasteiger partial charge on any atom is -0.351 e. The van der Waals surface area contributed by atoms with Crippen LogP contribution in [0.4, 0.5) is 16.2 Å². The van der Waals surface area contributed by atoms with Gasteiger partial charge in [0.25, 0.3) is 0 Å². The highest BCUT2D eigenvalue weighted by atomic mass is 16.2. The molecule has 0 saturated heterocycles. The number of carbonyl (C=O) groups excluding carboxylic acids is 2. The van der Waals surface area contributed by atoms with Crippen molar-refractivity contribution in [1.82, 2.24) is 0 Å². The number of hydrogen-bond donors (Lipinski definition) is 4. The fraction of sp³-hybridized carbons (Fsp3) is 0.333. The van der Waals surface area contributed by atoms with Gasteiger partial charge in [-0.3, -0.25) is 4.79 Å². The molecule has 18 heavy (non-hydrogen) atoms. The first-order valence-corrected chi connectivity index (χ1v) is 5.74. The molecule has 0 bridgehead atoms. The Bertz CT molecular complexity index is 430. The second-order valence-electron chi connectivity index (χ2n) is 3.90. The molecule has 6 N–H and O–H groups in total. The maximum atomic E-state index is 11.8. The van der Waals surface area contributed by atoms with Crippen molar-refractivity contribution in [3.05, 3.63) is 24.3 Å². The fourth-order valence-electron chi connectivity index (χ4n) is 1.52. The summed E-state index contributed by atoms with van der Waals surface area (Å²) < 4.78 is 0. The summed E-state index contributed by atoms with van der Waals surface area (Å²) in [6, 6.07) is 6.11. The van der Waals surface area contributed by atoms with Gasteiger partial charge in [0.15, 0.2) is 0 Å². The average Bonchev–Trinajstić information content (AvgIpc) is 2.30. The SMILES string of the molecule is CCC(CN)C(=O)Nc1cccc(NC(N)=O)c1. The molecule has 1 aromatic rings. The molecule has 0 aliphatic heterocycles. The lowest BCUT2D eigenvalue weighted by Crippen LogP contribution is -2.28. The molecule has 0 spiro atoms. The van der Waals surface area contributed by atoms with E-state index in [0.717, 1.165) is 0 Å². The van der Waals surface area contributed by atoms with Crippen LogP contribution >= 0.6 is 0 Å². The van der Waals surface area contributed by atoms with E-state index < -0.39 is 6.03 Å². The van der Waals surface area contributed by atoms with Crippen molar-refractivity contribution in [2.24, 2.45) is 17.4 Å². The molecule has 98 valence electrons. The van der Waals surface area contributed by atoms with Crippen LogP contribution in [-0.2, 0) is 4.79 Å². The van der Waals surface area contributed by atoms with Crippen LogP contribution < -0.4 is 22.1 Å². The summed E-state index contributed by atoms with van der Waals surface area (Å²) in [5.74, 6) is -0.339. The van der Waals surface area contributed by atoms with Gasteiger partial charge in [-0.2, -0.15) is 0 Å². The van der Waals surface area contributed by atoms with Crippen LogP contribution in [0.25, 0.3) is 0 Å². The summed E-state index contributed by atoms with van der Waals surface area (Å²) in [6.45, 7) is 2.21. The van der Waals surface area contributed by atoms with Gasteiger partial charge in [0, 0.05) is 17.9 Å². The highest BCUT2D eigenvalue weighted by Crippen LogP contribution is 2.16. The normalized spacial score (nSPS) is 11.7. The molecular weight excluding hydrogens is 232 g/mol. The lowest BCUT2D eigenvalue weighted by molar-refractivity contribution is -0.119. The quantitative estimate of drug-likeness (QED) is 0.628. The molecule has 0 aromatic heterocycles. The van der Waals surface area contributed by atoms with Crippen LogP contribution in [0.3, 0.4) is 0 Å². The predicted molar refractivity (Wildman–Crippen MR) is 71.1 cm³/mol. The molecule has 1 aromatic carbocycles. The molecule has 1 atom stereocenters. The Morgan fingerprint density at radius 3 is 2.39 bits per heavy atom. The second kappa shape index (κ2) is 6.61. The van der Waals surface area contributed by atoms with Gasteiger partial charge >= 0.3 is 6.03 Å². The second-order valence-corrected chi connectivity index (χ2v) is 3.90. The molecule has 3 amide bonds. The number of amides is 3. The van der Waals surface area contributed by atoms with Gasteiger partial charge in [0.05, 0.1) is 5.92 Å². The van der Waals surface area contributed by atoms with Gasteiger partial charge < -0.3 is 22.1 Å². The third-order valence-corrected chi connectivity index (χ3v) is 2.55. The van der Waals surface area contributed by atoms with E-state index in [1.165, 1.54) is 0 Å². The monoisotopic (exact) mass is 250 g/mol. The van der Waals surface area contributed by atoms with Gasteiger partial charge in [-0.1, -0.05) is 13.0 Å². The molecule has 0 aliphatic rings. The van der Waals surface area contributed by atoms with E-state index in [9.17, 15) is 9.59 Å². The number of hydrogen-bond acceptors (Lipinski definition) is 3. The third kappa shape index (κ3) is 4.06. The summed E-state index contributed by atoms with van der Waals surface area (Å²) >= 11 is 0. The highest BCUT2D eigenvalue weighted by Gasteiger charge is 2.14. The number of rotatable bonds is 5. The van der Waals surface area contributed by atoms with E-state index in [1.54, 1.807) is 24.3 Å². The first-order chi connectivity index (χ1) is 8.56. The Morgan fingerprint density at radius 2 is 1.89 bits per heavy atom. The molecule has 6 heteroatoms. The van der Waals surface area contributed by atoms with Crippen molar-refractivity contribution >= 4 is 23.3 Å². The largest absolute Gasteiger partial charge is 0.351 e. The van der Waals surface area contributed by atoms with Crippen molar-refractivity contribution in [3.63, 3.8) is 0 Å². The van der Waals surface area contributed by atoms with Crippen molar-refractivity contribution in [2.75, 3.05) is 17.2 Å². The predicted octanol–water partition coefficient (Wildman–Crippen LogP) is 1.10. The van der Waals surface area contributed by atoms with E-state index in [1.807, 2.05) is 6.92 Å².